The summed E-state index contributed by atoms with van der Waals surface area (Å²) in [7, 11) is 0. The SMILES string of the molecule is O=C1COc2ccc(I)cc2N1CCCCO. The highest BCUT2D eigenvalue weighted by atomic mass is 127. The zero-order valence-electron chi connectivity index (χ0n) is 9.36. The largest absolute Gasteiger partial charge is 0.482 e. The van der Waals surface area contributed by atoms with Crippen molar-refractivity contribution in [2.24, 2.45) is 0 Å². The minimum atomic E-state index is -0.0163. The fourth-order valence-corrected chi connectivity index (χ4v) is 2.28. The van der Waals surface area contributed by atoms with Gasteiger partial charge < -0.3 is 14.7 Å². The van der Waals surface area contributed by atoms with Crippen LogP contribution in [0.15, 0.2) is 18.2 Å². The first kappa shape index (κ1) is 12.6. The smallest absolute Gasteiger partial charge is 0.265 e. The van der Waals surface area contributed by atoms with E-state index in [1.54, 1.807) is 4.90 Å². The van der Waals surface area contributed by atoms with Gasteiger partial charge in [-0.3, -0.25) is 4.79 Å². The maximum atomic E-state index is 11.8. The van der Waals surface area contributed by atoms with E-state index in [1.165, 1.54) is 0 Å². The van der Waals surface area contributed by atoms with Crippen molar-refractivity contribution in [2.75, 3.05) is 24.7 Å². The van der Waals surface area contributed by atoms with E-state index in [-0.39, 0.29) is 19.1 Å². The molecule has 0 saturated heterocycles. The Kier molecular flexibility index (Phi) is 4.22. The summed E-state index contributed by atoms with van der Waals surface area (Å²) in [6.45, 7) is 0.903. The van der Waals surface area contributed by atoms with E-state index in [0.717, 1.165) is 21.4 Å². The lowest BCUT2D eigenvalue weighted by Gasteiger charge is -2.29. The van der Waals surface area contributed by atoms with Gasteiger partial charge in [-0.1, -0.05) is 0 Å². The number of aliphatic hydroxyl groups excluding tert-OH is 1. The Morgan fingerprint density at radius 1 is 1.41 bits per heavy atom. The van der Waals surface area contributed by atoms with E-state index in [9.17, 15) is 4.79 Å². The van der Waals surface area contributed by atoms with Crippen molar-refractivity contribution in [3.63, 3.8) is 0 Å². The molecule has 4 nitrogen and oxygen atoms in total. The molecule has 0 fully saturated rings. The summed E-state index contributed by atoms with van der Waals surface area (Å²) in [5.74, 6) is 0.742. The van der Waals surface area contributed by atoms with Gasteiger partial charge in [-0.05, 0) is 53.6 Å². The van der Waals surface area contributed by atoms with E-state index in [1.807, 2.05) is 18.2 Å². The number of unbranched alkanes of at least 4 members (excludes halogenated alkanes) is 1. The summed E-state index contributed by atoms with van der Waals surface area (Å²) in [6, 6.07) is 5.80. The van der Waals surface area contributed by atoms with E-state index in [2.05, 4.69) is 22.6 Å². The average Bonchev–Trinajstić information content (AvgIpc) is 2.32. The molecular formula is C12H14INO3. The van der Waals surface area contributed by atoms with Gasteiger partial charge in [0.2, 0.25) is 0 Å². The Hall–Kier alpha value is -0.820. The van der Waals surface area contributed by atoms with Crippen molar-refractivity contribution in [1.82, 2.24) is 0 Å². The highest BCUT2D eigenvalue weighted by Crippen LogP contribution is 2.33. The van der Waals surface area contributed by atoms with Crippen LogP contribution in [0.4, 0.5) is 5.69 Å². The number of amides is 1. The monoisotopic (exact) mass is 347 g/mol. The van der Waals surface area contributed by atoms with Gasteiger partial charge in [0.1, 0.15) is 5.75 Å². The summed E-state index contributed by atoms with van der Waals surface area (Å²) >= 11 is 2.21. The Morgan fingerprint density at radius 3 is 3.00 bits per heavy atom. The van der Waals surface area contributed by atoms with E-state index < -0.39 is 0 Å². The number of halogens is 1. The summed E-state index contributed by atoms with van der Waals surface area (Å²) in [6.07, 6.45) is 1.51. The number of hydrogen-bond acceptors (Lipinski definition) is 3. The number of carbonyl (C=O) groups is 1. The summed E-state index contributed by atoms with van der Waals surface area (Å²) < 4.78 is 6.46. The van der Waals surface area contributed by atoms with Gasteiger partial charge in [-0.15, -0.1) is 0 Å². The molecular weight excluding hydrogens is 333 g/mol. The predicted molar refractivity (Wildman–Crippen MR) is 73.3 cm³/mol. The maximum absolute atomic E-state index is 11.8. The summed E-state index contributed by atoms with van der Waals surface area (Å²) in [5.41, 5.74) is 0.839. The third-order valence-corrected chi connectivity index (χ3v) is 3.32. The summed E-state index contributed by atoms with van der Waals surface area (Å²) in [5, 5.41) is 8.77. The molecule has 0 unspecified atom stereocenters. The van der Waals surface area contributed by atoms with Crippen LogP contribution in [0.25, 0.3) is 0 Å². The quantitative estimate of drug-likeness (QED) is 0.668. The number of benzene rings is 1. The second-order valence-electron chi connectivity index (χ2n) is 3.88. The van der Waals surface area contributed by atoms with Crippen LogP contribution in [0.2, 0.25) is 0 Å². The first-order chi connectivity index (χ1) is 8.22. The maximum Gasteiger partial charge on any atom is 0.265 e. The number of rotatable bonds is 4. The highest BCUT2D eigenvalue weighted by molar-refractivity contribution is 14.1. The molecule has 0 atom stereocenters. The van der Waals surface area contributed by atoms with Crippen molar-refractivity contribution in [2.45, 2.75) is 12.8 Å². The topological polar surface area (TPSA) is 49.8 Å². The normalized spacial score (nSPS) is 14.5. The second-order valence-corrected chi connectivity index (χ2v) is 5.12. The minimum Gasteiger partial charge on any atom is -0.482 e. The van der Waals surface area contributed by atoms with Crippen molar-refractivity contribution in [3.05, 3.63) is 21.8 Å². The number of fused-ring (bicyclic) bond motifs is 1. The molecule has 0 bridgehead atoms. The minimum absolute atomic E-state index is 0.0163. The van der Waals surface area contributed by atoms with Crippen molar-refractivity contribution < 1.29 is 14.6 Å². The molecule has 92 valence electrons. The highest BCUT2D eigenvalue weighted by Gasteiger charge is 2.24. The number of aliphatic hydroxyl groups is 1. The molecule has 0 saturated carbocycles. The Morgan fingerprint density at radius 2 is 2.24 bits per heavy atom. The van der Waals surface area contributed by atoms with Crippen LogP contribution < -0.4 is 9.64 Å². The third kappa shape index (κ3) is 2.90. The number of carbonyl (C=O) groups excluding carboxylic acids is 1. The van der Waals surface area contributed by atoms with E-state index in [4.69, 9.17) is 9.84 Å². The van der Waals surface area contributed by atoms with Crippen LogP contribution >= 0.6 is 22.6 Å². The molecule has 1 amide bonds. The van der Waals surface area contributed by atoms with Crippen LogP contribution in [0, 0.1) is 3.57 Å². The molecule has 2 rings (SSSR count). The lowest BCUT2D eigenvalue weighted by molar-refractivity contribution is -0.121. The first-order valence-corrected chi connectivity index (χ1v) is 6.64. The fourth-order valence-electron chi connectivity index (χ4n) is 1.80. The molecule has 5 heteroatoms. The Balaban J connectivity index is 2.20. The van der Waals surface area contributed by atoms with Crippen LogP contribution in [0.3, 0.4) is 0 Å². The molecule has 1 aromatic rings. The molecule has 0 aliphatic carbocycles. The van der Waals surface area contributed by atoms with Gasteiger partial charge in [-0.2, -0.15) is 0 Å². The van der Waals surface area contributed by atoms with Gasteiger partial charge in [0.05, 0.1) is 5.69 Å². The molecule has 0 radical (unpaired) electrons. The Bertz CT molecular complexity index is 422. The van der Waals surface area contributed by atoms with Crippen LogP contribution in [-0.2, 0) is 4.79 Å². The van der Waals surface area contributed by atoms with Crippen molar-refractivity contribution >= 4 is 34.2 Å². The number of ether oxygens (including phenoxy) is 1. The standard InChI is InChI=1S/C12H14INO3/c13-9-3-4-11-10(7-9)14(5-1-2-6-15)12(16)8-17-11/h3-4,7,15H,1-2,5-6,8H2. The lowest BCUT2D eigenvalue weighted by atomic mass is 10.2. The molecule has 1 aromatic carbocycles. The molecule has 0 aromatic heterocycles. The molecule has 1 heterocycles. The average molecular weight is 347 g/mol. The third-order valence-electron chi connectivity index (χ3n) is 2.65. The van der Waals surface area contributed by atoms with E-state index >= 15 is 0 Å². The van der Waals surface area contributed by atoms with Crippen LogP contribution in [0.5, 0.6) is 5.75 Å². The zero-order chi connectivity index (χ0) is 12.3. The van der Waals surface area contributed by atoms with Gasteiger partial charge in [-0.25, -0.2) is 0 Å². The predicted octanol–water partition coefficient (Wildman–Crippen LogP) is 1.79. The molecule has 1 aliphatic rings. The Labute approximate surface area is 114 Å². The second kappa shape index (κ2) is 5.68. The van der Waals surface area contributed by atoms with Crippen LogP contribution in [-0.4, -0.2) is 30.8 Å². The molecule has 1 N–H and O–H groups in total. The number of hydrogen-bond donors (Lipinski definition) is 1. The van der Waals surface area contributed by atoms with Gasteiger partial charge in [0.15, 0.2) is 6.61 Å². The van der Waals surface area contributed by atoms with Gasteiger partial charge in [0.25, 0.3) is 5.91 Å². The van der Waals surface area contributed by atoms with E-state index in [0.29, 0.717) is 13.0 Å². The molecule has 0 spiro atoms. The van der Waals surface area contributed by atoms with Crippen molar-refractivity contribution in [3.8, 4) is 5.75 Å². The van der Waals surface area contributed by atoms with Crippen molar-refractivity contribution in [1.29, 1.82) is 0 Å². The lowest BCUT2D eigenvalue weighted by Crippen LogP contribution is -2.39. The molecule has 1 aliphatic heterocycles. The van der Waals surface area contributed by atoms with Crippen LogP contribution in [0.1, 0.15) is 12.8 Å². The van der Waals surface area contributed by atoms with Gasteiger partial charge >= 0.3 is 0 Å². The number of nitrogens with zero attached hydrogens (tertiary/aromatic N) is 1. The summed E-state index contributed by atoms with van der Waals surface area (Å²) in [4.78, 5) is 13.5. The zero-order valence-corrected chi connectivity index (χ0v) is 11.5. The molecule has 17 heavy (non-hydrogen) atoms. The fraction of sp³-hybridized carbons (Fsp3) is 0.417. The van der Waals surface area contributed by atoms with Gasteiger partial charge in [0, 0.05) is 16.7 Å². The first-order valence-electron chi connectivity index (χ1n) is 5.56. The number of anilines is 1.